The molecular formula is C39H36Cl2O9S7. The third-order valence-corrected chi connectivity index (χ3v) is 16.5. The Morgan fingerprint density at radius 2 is 0.965 bits per heavy atom. The van der Waals surface area contributed by atoms with Gasteiger partial charge in [0.1, 0.15) is 31.3 Å². The summed E-state index contributed by atoms with van der Waals surface area (Å²) in [4.78, 5) is 54.3. The first-order chi connectivity index (χ1) is 27.3. The van der Waals surface area contributed by atoms with Gasteiger partial charge in [-0.25, -0.2) is 14.4 Å². The number of ether oxygens (including phenoxy) is 5. The van der Waals surface area contributed by atoms with Crippen molar-refractivity contribution in [3.63, 3.8) is 0 Å². The lowest BCUT2D eigenvalue weighted by Crippen LogP contribution is -2.04. The molecule has 57 heavy (non-hydrogen) atoms. The van der Waals surface area contributed by atoms with E-state index < -0.39 is 11.9 Å². The molecule has 0 fully saturated rings. The van der Waals surface area contributed by atoms with Crippen LogP contribution in [0, 0.1) is 13.8 Å². The van der Waals surface area contributed by atoms with Gasteiger partial charge in [0.15, 0.2) is 5.78 Å². The highest BCUT2D eigenvalue weighted by Crippen LogP contribution is 2.52. The zero-order valence-corrected chi connectivity index (χ0v) is 39.1. The van der Waals surface area contributed by atoms with Crippen LogP contribution in [0.2, 0.25) is 8.67 Å². The van der Waals surface area contributed by atoms with Crippen LogP contribution in [0.25, 0.3) is 38.3 Å². The average Bonchev–Trinajstić information content (AvgIpc) is 4.02. The maximum absolute atomic E-state index is 12.9. The van der Waals surface area contributed by atoms with Crippen LogP contribution < -0.4 is 9.47 Å². The third-order valence-electron chi connectivity index (χ3n) is 7.90. The van der Waals surface area contributed by atoms with Crippen molar-refractivity contribution in [1.82, 2.24) is 0 Å². The minimum Gasteiger partial charge on any atom is -0.496 e. The molecule has 302 valence electrons. The molecule has 0 unspecified atom stereocenters. The summed E-state index contributed by atoms with van der Waals surface area (Å²) in [5, 5.41) is 5.98. The number of rotatable bonds is 11. The van der Waals surface area contributed by atoms with Crippen LogP contribution in [0.5, 0.6) is 11.5 Å². The summed E-state index contributed by atoms with van der Waals surface area (Å²) in [6, 6.07) is 5.90. The van der Waals surface area contributed by atoms with Crippen LogP contribution in [-0.2, 0) is 14.2 Å². The molecule has 0 aliphatic rings. The molecule has 0 aliphatic carbocycles. The quantitative estimate of drug-likeness (QED) is 0.0710. The number of halogens is 2. The van der Waals surface area contributed by atoms with E-state index in [1.54, 1.807) is 64.6 Å². The Balaban J connectivity index is 0.000000190. The van der Waals surface area contributed by atoms with Gasteiger partial charge in [-0.3, -0.25) is 4.79 Å². The molecule has 0 bridgehead atoms. The van der Waals surface area contributed by atoms with E-state index in [2.05, 4.69) is 0 Å². The number of ketones is 1. The minimum atomic E-state index is -0.517. The summed E-state index contributed by atoms with van der Waals surface area (Å²) in [6.45, 7) is 11.7. The lowest BCUT2D eigenvalue weighted by Gasteiger charge is -2.05. The molecule has 7 aromatic heterocycles. The first-order valence-electron chi connectivity index (χ1n) is 17.1. The van der Waals surface area contributed by atoms with E-state index in [1.807, 2.05) is 48.2 Å². The van der Waals surface area contributed by atoms with E-state index >= 15 is 0 Å². The van der Waals surface area contributed by atoms with Gasteiger partial charge in [0.05, 0.1) is 78.6 Å². The maximum Gasteiger partial charge on any atom is 0.342 e. The molecule has 0 aromatic carbocycles. The molecule has 0 N–H and O–H groups in total. The molecule has 0 radical (unpaired) electrons. The number of methoxy groups -OCH3 is 2. The molecule has 0 atom stereocenters. The monoisotopic (exact) mass is 942 g/mol. The topological polar surface area (TPSA) is 114 Å². The Morgan fingerprint density at radius 1 is 0.544 bits per heavy atom. The molecule has 0 amide bonds. The number of fused-ring (bicyclic) bond motifs is 2. The summed E-state index contributed by atoms with van der Waals surface area (Å²) in [5.74, 6) is 0.331. The minimum absolute atomic E-state index is 0.0205. The third kappa shape index (κ3) is 9.45. The summed E-state index contributed by atoms with van der Waals surface area (Å²) < 4.78 is 29.1. The Labute approximate surface area is 367 Å². The molecule has 18 heteroatoms. The Kier molecular flexibility index (Phi) is 15.8. The number of esters is 3. The predicted octanol–water partition coefficient (Wildman–Crippen LogP) is 13.8. The molecule has 0 aliphatic heterocycles. The summed E-state index contributed by atoms with van der Waals surface area (Å²) in [5.41, 5.74) is 2.85. The van der Waals surface area contributed by atoms with Gasteiger partial charge >= 0.3 is 17.9 Å². The number of aryl methyl sites for hydroxylation is 2. The SMILES string of the molecule is CCOC(=O)c1c(-c2sccc2C)sc2c(C(C)=O)c(-c3sccc3OC)sc12.CCOC(=O)c1c(Cl)sc2c(C(=O)OCC)c(Cl)sc12.COc1ccsc1C. The van der Waals surface area contributed by atoms with Crippen molar-refractivity contribution in [2.45, 2.75) is 41.5 Å². The number of carbonyl (C=O) groups excluding carboxylic acids is 4. The van der Waals surface area contributed by atoms with Crippen LogP contribution >= 0.6 is 103 Å². The molecule has 7 heterocycles. The predicted molar refractivity (Wildman–Crippen MR) is 241 cm³/mol. The highest BCUT2D eigenvalue weighted by Gasteiger charge is 2.31. The van der Waals surface area contributed by atoms with Gasteiger partial charge in [-0.05, 0) is 81.4 Å². The zero-order valence-electron chi connectivity index (χ0n) is 31.9. The van der Waals surface area contributed by atoms with Crippen molar-refractivity contribution in [2.75, 3.05) is 34.0 Å². The van der Waals surface area contributed by atoms with E-state index in [0.717, 1.165) is 68.6 Å². The van der Waals surface area contributed by atoms with Crippen LogP contribution in [-0.4, -0.2) is 57.7 Å². The van der Waals surface area contributed by atoms with E-state index in [9.17, 15) is 19.2 Å². The standard InChI is InChI=1S/C21H18O4S4.C12H10Cl2O4S2.C6H8OS/c1-5-25-21(23)14-19(15-10(2)6-8-26-15)29-18-13(11(3)22)17(28-20(14)18)16-12(24-4)7-9-27-16;1-3-17-11(15)5-7-8(20-9(5)13)6(10(14)19-7)12(16)18-4-2;1-5-6(7-2)3-4-8-5/h6-9H,5H2,1-4H3;3-4H2,1-2H3;3-4H,1-2H3. The van der Waals surface area contributed by atoms with Crippen LogP contribution in [0.3, 0.4) is 0 Å². The Bertz CT molecular complexity index is 2480. The number of carbonyl (C=O) groups is 4. The van der Waals surface area contributed by atoms with Gasteiger partial charge in [0, 0.05) is 9.75 Å². The van der Waals surface area contributed by atoms with Crippen LogP contribution in [0.1, 0.15) is 79.6 Å². The average molecular weight is 944 g/mol. The summed E-state index contributed by atoms with van der Waals surface area (Å²) >= 11 is 22.2. The molecule has 9 nitrogen and oxygen atoms in total. The largest absolute Gasteiger partial charge is 0.496 e. The van der Waals surface area contributed by atoms with Crippen molar-refractivity contribution in [3.8, 4) is 31.0 Å². The van der Waals surface area contributed by atoms with Gasteiger partial charge < -0.3 is 23.7 Å². The fourth-order valence-corrected chi connectivity index (χ4v) is 14.4. The number of thiophene rings is 7. The van der Waals surface area contributed by atoms with Crippen molar-refractivity contribution in [2.24, 2.45) is 0 Å². The second-order valence-electron chi connectivity index (χ2n) is 11.4. The molecule has 7 rings (SSSR count). The lowest BCUT2D eigenvalue weighted by atomic mass is 10.1. The summed E-state index contributed by atoms with van der Waals surface area (Å²) in [7, 11) is 3.31. The smallest absolute Gasteiger partial charge is 0.342 e. The highest BCUT2D eigenvalue weighted by atomic mass is 35.5. The van der Waals surface area contributed by atoms with Gasteiger partial charge in [-0.15, -0.1) is 79.4 Å². The molecule has 0 spiro atoms. The van der Waals surface area contributed by atoms with Gasteiger partial charge in [-0.1, -0.05) is 23.2 Å². The van der Waals surface area contributed by atoms with Gasteiger partial charge in [-0.2, -0.15) is 0 Å². The normalized spacial score (nSPS) is 10.8. The molecule has 0 saturated heterocycles. The van der Waals surface area contributed by atoms with E-state index in [4.69, 9.17) is 46.9 Å². The Morgan fingerprint density at radius 3 is 1.39 bits per heavy atom. The molecule has 7 aromatic rings. The van der Waals surface area contributed by atoms with Crippen molar-refractivity contribution < 1.29 is 42.9 Å². The number of hydrogen-bond donors (Lipinski definition) is 0. The Hall–Kier alpha value is -3.32. The van der Waals surface area contributed by atoms with Crippen LogP contribution in [0.15, 0.2) is 34.3 Å². The van der Waals surface area contributed by atoms with E-state index in [-0.39, 0.29) is 44.8 Å². The summed E-state index contributed by atoms with van der Waals surface area (Å²) in [6.07, 6.45) is 0. The number of Topliss-reactive ketones (excluding diaryl/α,β-unsaturated/α-hetero) is 1. The highest BCUT2D eigenvalue weighted by molar-refractivity contribution is 7.35. The second-order valence-corrected chi connectivity index (χ2v) is 19.7. The molecular weight excluding hydrogens is 908 g/mol. The van der Waals surface area contributed by atoms with Crippen molar-refractivity contribution in [1.29, 1.82) is 0 Å². The van der Waals surface area contributed by atoms with Gasteiger partial charge in [0.25, 0.3) is 0 Å². The van der Waals surface area contributed by atoms with Crippen molar-refractivity contribution >= 4 is 145 Å². The maximum atomic E-state index is 12.9. The van der Waals surface area contributed by atoms with Crippen LogP contribution in [0.4, 0.5) is 0 Å². The van der Waals surface area contributed by atoms with Gasteiger partial charge in [0.2, 0.25) is 0 Å². The van der Waals surface area contributed by atoms with E-state index in [0.29, 0.717) is 27.1 Å². The van der Waals surface area contributed by atoms with Crippen molar-refractivity contribution in [3.05, 3.63) is 75.7 Å². The second kappa shape index (κ2) is 20.1. The first-order valence-corrected chi connectivity index (χ1v) is 23.7. The lowest BCUT2D eigenvalue weighted by molar-refractivity contribution is 0.0519. The zero-order chi connectivity index (χ0) is 41.6. The number of hydrogen-bond acceptors (Lipinski definition) is 16. The first kappa shape index (κ1) is 44.8. The fourth-order valence-electron chi connectivity index (χ4n) is 5.41. The van der Waals surface area contributed by atoms with E-state index in [1.165, 1.54) is 38.9 Å². The molecule has 0 saturated carbocycles. The fraction of sp³-hybridized carbons (Fsp3) is 0.282.